The lowest BCUT2D eigenvalue weighted by atomic mass is 10.1. The van der Waals surface area contributed by atoms with E-state index in [-0.39, 0.29) is 11.7 Å². The molecule has 0 aliphatic rings. The van der Waals surface area contributed by atoms with E-state index in [1.165, 1.54) is 23.5 Å². The van der Waals surface area contributed by atoms with Gasteiger partial charge in [0.25, 0.3) is 0 Å². The number of nitrogens with zero attached hydrogens (tertiary/aromatic N) is 1. The van der Waals surface area contributed by atoms with Gasteiger partial charge in [0.15, 0.2) is 0 Å². The Bertz CT molecular complexity index is 908. The lowest BCUT2D eigenvalue weighted by Gasteiger charge is -2.05. The molecule has 134 valence electrons. The summed E-state index contributed by atoms with van der Waals surface area (Å²) in [5, 5.41) is 4.38. The molecule has 1 aromatic heterocycles. The van der Waals surface area contributed by atoms with E-state index in [0.717, 1.165) is 26.7 Å². The van der Waals surface area contributed by atoms with Crippen LogP contribution in [-0.2, 0) is 17.6 Å². The average molecular weight is 389 g/mol. The van der Waals surface area contributed by atoms with Crippen LogP contribution in [0.4, 0.5) is 4.39 Å². The van der Waals surface area contributed by atoms with Crippen molar-refractivity contribution in [2.45, 2.75) is 19.8 Å². The Morgan fingerprint density at radius 1 is 1.23 bits per heavy atom. The van der Waals surface area contributed by atoms with Crippen molar-refractivity contribution >= 4 is 28.8 Å². The molecule has 3 nitrogen and oxygen atoms in total. The quantitative estimate of drug-likeness (QED) is 0.658. The van der Waals surface area contributed by atoms with Gasteiger partial charge < -0.3 is 5.32 Å². The van der Waals surface area contributed by atoms with Gasteiger partial charge >= 0.3 is 0 Å². The highest BCUT2D eigenvalue weighted by Gasteiger charge is 2.11. The van der Waals surface area contributed by atoms with Crippen molar-refractivity contribution in [1.82, 2.24) is 10.3 Å². The summed E-state index contributed by atoms with van der Waals surface area (Å²) in [4.78, 5) is 17.7. The molecule has 0 spiro atoms. The van der Waals surface area contributed by atoms with E-state index in [2.05, 4.69) is 10.3 Å². The molecule has 1 N–H and O–H groups in total. The Kier molecular flexibility index (Phi) is 6.01. The average Bonchev–Trinajstić information content (AvgIpc) is 2.98. The molecule has 26 heavy (non-hydrogen) atoms. The van der Waals surface area contributed by atoms with Crippen LogP contribution in [0.15, 0.2) is 48.5 Å². The van der Waals surface area contributed by atoms with Crippen LogP contribution in [0.3, 0.4) is 0 Å². The van der Waals surface area contributed by atoms with Crippen LogP contribution in [0.2, 0.25) is 5.02 Å². The number of nitrogens with one attached hydrogen (secondary N) is 1. The van der Waals surface area contributed by atoms with Crippen LogP contribution in [0.1, 0.15) is 16.1 Å². The third-order valence-electron chi connectivity index (χ3n) is 3.92. The molecule has 0 bridgehead atoms. The normalized spacial score (nSPS) is 10.7. The predicted octanol–water partition coefficient (Wildman–Crippen LogP) is 4.81. The smallest absolute Gasteiger partial charge is 0.224 e. The molecule has 0 unspecified atom stereocenters. The fourth-order valence-electron chi connectivity index (χ4n) is 2.57. The maximum absolute atomic E-state index is 13.4. The van der Waals surface area contributed by atoms with Gasteiger partial charge in [-0.3, -0.25) is 4.79 Å². The minimum atomic E-state index is -0.272. The Hall–Kier alpha value is -2.24. The zero-order valence-corrected chi connectivity index (χ0v) is 15.8. The molecule has 0 aliphatic carbocycles. The van der Waals surface area contributed by atoms with Crippen LogP contribution in [-0.4, -0.2) is 17.4 Å². The number of halogens is 2. The van der Waals surface area contributed by atoms with Crippen molar-refractivity contribution in [3.63, 3.8) is 0 Å². The number of hydrogen-bond acceptors (Lipinski definition) is 3. The molecule has 1 amide bonds. The van der Waals surface area contributed by atoms with E-state index in [0.29, 0.717) is 24.4 Å². The van der Waals surface area contributed by atoms with Crippen LogP contribution < -0.4 is 5.32 Å². The molecule has 0 saturated carbocycles. The summed E-state index contributed by atoms with van der Waals surface area (Å²) in [6, 6.07) is 13.7. The molecule has 6 heteroatoms. The Morgan fingerprint density at radius 2 is 2.00 bits per heavy atom. The second-order valence-electron chi connectivity index (χ2n) is 5.94. The highest BCUT2D eigenvalue weighted by molar-refractivity contribution is 7.15. The number of thiazole rings is 1. The van der Waals surface area contributed by atoms with Gasteiger partial charge in [-0.1, -0.05) is 35.9 Å². The van der Waals surface area contributed by atoms with Crippen LogP contribution in [0, 0.1) is 12.7 Å². The summed E-state index contributed by atoms with van der Waals surface area (Å²) in [6.07, 6.45) is 1.03. The summed E-state index contributed by atoms with van der Waals surface area (Å²) in [6.45, 7) is 2.47. The van der Waals surface area contributed by atoms with Crippen LogP contribution >= 0.6 is 22.9 Å². The molecule has 0 atom stereocenters. The first-order chi connectivity index (χ1) is 12.5. The minimum Gasteiger partial charge on any atom is -0.355 e. The molecule has 0 radical (unpaired) electrons. The molecular weight excluding hydrogens is 371 g/mol. The topological polar surface area (TPSA) is 42.0 Å². The third-order valence-corrected chi connectivity index (χ3v) is 5.43. The highest BCUT2D eigenvalue weighted by Crippen LogP contribution is 2.28. The lowest BCUT2D eigenvalue weighted by Crippen LogP contribution is -2.27. The third kappa shape index (κ3) is 4.90. The van der Waals surface area contributed by atoms with E-state index in [1.54, 1.807) is 18.2 Å². The largest absolute Gasteiger partial charge is 0.355 e. The Labute approximate surface area is 160 Å². The monoisotopic (exact) mass is 388 g/mol. The molecule has 0 saturated heterocycles. The summed E-state index contributed by atoms with van der Waals surface area (Å²) < 4.78 is 13.4. The first-order valence-corrected chi connectivity index (χ1v) is 9.44. The van der Waals surface area contributed by atoms with E-state index in [9.17, 15) is 9.18 Å². The highest BCUT2D eigenvalue weighted by atomic mass is 35.5. The summed E-state index contributed by atoms with van der Waals surface area (Å²) in [5.74, 6) is -0.300. The maximum Gasteiger partial charge on any atom is 0.224 e. The second-order valence-corrected chi connectivity index (χ2v) is 7.46. The molecule has 3 rings (SSSR count). The first kappa shape index (κ1) is 18.5. The fourth-order valence-corrected chi connectivity index (χ4v) is 3.75. The summed E-state index contributed by atoms with van der Waals surface area (Å²) in [7, 11) is 0. The zero-order chi connectivity index (χ0) is 18.5. The second kappa shape index (κ2) is 8.43. The van der Waals surface area contributed by atoms with Gasteiger partial charge in [0, 0.05) is 28.4 Å². The van der Waals surface area contributed by atoms with E-state index >= 15 is 0 Å². The molecule has 3 aromatic rings. The number of carbonyl (C=O) groups excluding carboxylic acids is 1. The number of benzene rings is 2. The number of carbonyl (C=O) groups is 1. The Morgan fingerprint density at radius 3 is 2.73 bits per heavy atom. The van der Waals surface area contributed by atoms with Crippen LogP contribution in [0.25, 0.3) is 10.6 Å². The number of hydrogen-bond donors (Lipinski definition) is 1. The van der Waals surface area contributed by atoms with Gasteiger partial charge in [-0.15, -0.1) is 11.3 Å². The molecular formula is C20H18ClFN2OS. The molecule has 0 aliphatic heterocycles. The SMILES string of the molecule is Cc1nc(-c2cccc(F)c2)sc1CCNC(=O)Cc1ccc(Cl)cc1. The van der Waals surface area contributed by atoms with Gasteiger partial charge in [0.05, 0.1) is 12.1 Å². The predicted molar refractivity (Wildman–Crippen MR) is 104 cm³/mol. The summed E-state index contributed by atoms with van der Waals surface area (Å²) >= 11 is 7.38. The van der Waals surface area contributed by atoms with Gasteiger partial charge in [0.1, 0.15) is 10.8 Å². The van der Waals surface area contributed by atoms with Crippen molar-refractivity contribution < 1.29 is 9.18 Å². The first-order valence-electron chi connectivity index (χ1n) is 8.24. The molecule has 2 aromatic carbocycles. The van der Waals surface area contributed by atoms with Crippen molar-refractivity contribution in [2.75, 3.05) is 6.54 Å². The van der Waals surface area contributed by atoms with E-state index < -0.39 is 0 Å². The van der Waals surface area contributed by atoms with Crippen molar-refractivity contribution in [3.8, 4) is 10.6 Å². The van der Waals surface area contributed by atoms with Gasteiger partial charge in [-0.25, -0.2) is 9.37 Å². The molecule has 1 heterocycles. The van der Waals surface area contributed by atoms with Crippen molar-refractivity contribution in [1.29, 1.82) is 0 Å². The minimum absolute atomic E-state index is 0.0279. The molecule has 0 fully saturated rings. The maximum atomic E-state index is 13.4. The van der Waals surface area contributed by atoms with Crippen molar-refractivity contribution in [2.24, 2.45) is 0 Å². The Balaban J connectivity index is 1.55. The van der Waals surface area contributed by atoms with E-state index in [1.807, 2.05) is 25.1 Å². The fraction of sp³-hybridized carbons (Fsp3) is 0.200. The standard InChI is InChI=1S/C20H18ClFN2OS/c1-13-18(26-20(24-13)15-3-2-4-17(22)12-15)9-10-23-19(25)11-14-5-7-16(21)8-6-14/h2-8,12H,9-11H2,1H3,(H,23,25). The van der Waals surface area contributed by atoms with Gasteiger partial charge in [0.2, 0.25) is 5.91 Å². The number of aromatic nitrogens is 1. The van der Waals surface area contributed by atoms with Gasteiger partial charge in [-0.2, -0.15) is 0 Å². The zero-order valence-electron chi connectivity index (χ0n) is 14.3. The van der Waals surface area contributed by atoms with Crippen molar-refractivity contribution in [3.05, 3.63) is 75.5 Å². The number of amides is 1. The number of aryl methyl sites for hydroxylation is 1. The summed E-state index contributed by atoms with van der Waals surface area (Å²) in [5.41, 5.74) is 2.62. The lowest BCUT2D eigenvalue weighted by molar-refractivity contribution is -0.120. The van der Waals surface area contributed by atoms with Crippen LogP contribution in [0.5, 0.6) is 0 Å². The van der Waals surface area contributed by atoms with Gasteiger partial charge in [-0.05, 0) is 36.8 Å². The van der Waals surface area contributed by atoms with E-state index in [4.69, 9.17) is 11.6 Å². The number of rotatable bonds is 6.